The largest absolute Gasteiger partial charge is 0.372 e. The minimum absolute atomic E-state index is 0.0656. The number of anilines is 1. The second-order valence-corrected chi connectivity index (χ2v) is 12.9. The van der Waals surface area contributed by atoms with Crippen LogP contribution in [0.15, 0.2) is 164 Å². The zero-order valence-electron chi connectivity index (χ0n) is 27.6. The monoisotopic (exact) mass is 634 g/mol. The summed E-state index contributed by atoms with van der Waals surface area (Å²) in [5.41, 5.74) is 12.4. The molecular formula is C45H38N4. The van der Waals surface area contributed by atoms with Crippen molar-refractivity contribution in [3.05, 3.63) is 175 Å². The Balaban J connectivity index is 1.19. The molecule has 4 heteroatoms. The first-order chi connectivity index (χ1) is 24.2. The molecule has 5 aromatic carbocycles. The van der Waals surface area contributed by atoms with Crippen LogP contribution in [-0.2, 0) is 0 Å². The van der Waals surface area contributed by atoms with Gasteiger partial charge in [0.25, 0.3) is 0 Å². The summed E-state index contributed by atoms with van der Waals surface area (Å²) in [5, 5.41) is 12.7. The van der Waals surface area contributed by atoms with E-state index in [2.05, 4.69) is 179 Å². The molecule has 1 aromatic heterocycles. The van der Waals surface area contributed by atoms with Crippen molar-refractivity contribution in [1.29, 1.82) is 0 Å². The van der Waals surface area contributed by atoms with Crippen LogP contribution in [0.3, 0.4) is 0 Å². The molecule has 0 bridgehead atoms. The van der Waals surface area contributed by atoms with E-state index in [1.165, 1.54) is 71.8 Å². The summed E-state index contributed by atoms with van der Waals surface area (Å²) in [4.78, 5) is 2.51. The maximum atomic E-state index is 4.02. The van der Waals surface area contributed by atoms with Crippen LogP contribution >= 0.6 is 0 Å². The SMILES string of the molecule is C=C/C=C(\C=C/C)n1c2ccc(C3NC=CC(N4C5=C(CCC=C5)c5ccccc5-c5ccccc54)N3)cc2c2c3ccccc3ccc21. The van der Waals surface area contributed by atoms with Gasteiger partial charge in [-0.05, 0) is 108 Å². The molecule has 2 unspecified atom stereocenters. The lowest BCUT2D eigenvalue weighted by Gasteiger charge is -2.39. The molecular weight excluding hydrogens is 597 g/mol. The second kappa shape index (κ2) is 12.0. The fourth-order valence-electron chi connectivity index (χ4n) is 8.10. The molecule has 238 valence electrons. The van der Waals surface area contributed by atoms with E-state index in [4.69, 9.17) is 0 Å². The average Bonchev–Trinajstić information content (AvgIpc) is 3.43. The van der Waals surface area contributed by atoms with Crippen LogP contribution in [0.2, 0.25) is 0 Å². The van der Waals surface area contributed by atoms with E-state index in [1.54, 1.807) is 0 Å². The van der Waals surface area contributed by atoms with E-state index in [-0.39, 0.29) is 12.3 Å². The number of nitrogens with zero attached hydrogens (tertiary/aromatic N) is 2. The summed E-state index contributed by atoms with van der Waals surface area (Å²) >= 11 is 0. The Labute approximate surface area is 287 Å². The predicted octanol–water partition coefficient (Wildman–Crippen LogP) is 10.8. The standard InChI is InChI=1S/C45H38N4/c1-3-13-32(14-4-2)48-41-25-24-31(29-38(41)44-33-16-6-5-15-30(33)23-26-42(44)48)45-46-28-27-43(47-45)49-39-21-11-9-19-36(39)34-17-7-8-18-35(34)37-20-10-12-22-40(37)49/h3-9,11-19,21-29,43,45-47H,1,10,20H2,2H3/b14-4-,32-13+. The summed E-state index contributed by atoms with van der Waals surface area (Å²) in [6.07, 6.45) is 19.1. The van der Waals surface area contributed by atoms with E-state index in [9.17, 15) is 0 Å². The van der Waals surface area contributed by atoms with Gasteiger partial charge in [-0.3, -0.25) is 5.32 Å². The molecule has 3 aliphatic rings. The van der Waals surface area contributed by atoms with Gasteiger partial charge in [-0.2, -0.15) is 0 Å². The molecule has 0 spiro atoms. The molecule has 4 nitrogen and oxygen atoms in total. The van der Waals surface area contributed by atoms with Crippen molar-refractivity contribution in [2.45, 2.75) is 32.1 Å². The lowest BCUT2D eigenvalue weighted by Crippen LogP contribution is -2.51. The van der Waals surface area contributed by atoms with Crippen LogP contribution in [-0.4, -0.2) is 10.7 Å². The molecule has 3 heterocycles. The fraction of sp³-hybridized carbons (Fsp3) is 0.111. The van der Waals surface area contributed by atoms with E-state index in [0.29, 0.717) is 0 Å². The molecule has 6 aromatic rings. The summed E-state index contributed by atoms with van der Waals surface area (Å²) in [6, 6.07) is 37.8. The Hall–Kier alpha value is -5.84. The Morgan fingerprint density at radius 1 is 0.837 bits per heavy atom. The Morgan fingerprint density at radius 2 is 1.63 bits per heavy atom. The van der Waals surface area contributed by atoms with E-state index in [0.717, 1.165) is 18.5 Å². The molecule has 2 atom stereocenters. The Bertz CT molecular complexity index is 2450. The number of hydrogen-bond donors (Lipinski definition) is 2. The van der Waals surface area contributed by atoms with Gasteiger partial charge in [0.05, 0.1) is 16.7 Å². The summed E-state index contributed by atoms with van der Waals surface area (Å²) in [6.45, 7) is 6.08. The van der Waals surface area contributed by atoms with Gasteiger partial charge in [0, 0.05) is 27.7 Å². The molecule has 2 aliphatic heterocycles. The van der Waals surface area contributed by atoms with Crippen LogP contribution in [0.25, 0.3) is 55.0 Å². The quantitative estimate of drug-likeness (QED) is 0.185. The number of allylic oxidation sites excluding steroid dienone is 8. The third-order valence-electron chi connectivity index (χ3n) is 10.2. The molecule has 0 saturated heterocycles. The summed E-state index contributed by atoms with van der Waals surface area (Å²) < 4.78 is 2.36. The number of aromatic nitrogens is 1. The molecule has 0 fully saturated rings. The first-order valence-electron chi connectivity index (χ1n) is 17.2. The van der Waals surface area contributed by atoms with Gasteiger partial charge in [0.1, 0.15) is 12.3 Å². The highest BCUT2D eigenvalue weighted by molar-refractivity contribution is 6.22. The van der Waals surface area contributed by atoms with Gasteiger partial charge < -0.3 is 14.8 Å². The second-order valence-electron chi connectivity index (χ2n) is 12.9. The van der Waals surface area contributed by atoms with E-state index >= 15 is 0 Å². The molecule has 0 radical (unpaired) electrons. The number of hydrogen-bond acceptors (Lipinski definition) is 3. The van der Waals surface area contributed by atoms with Crippen LogP contribution in [0, 0.1) is 0 Å². The number of nitrogens with one attached hydrogen (secondary N) is 2. The molecule has 0 saturated carbocycles. The van der Waals surface area contributed by atoms with Crippen molar-refractivity contribution in [3.8, 4) is 11.1 Å². The first kappa shape index (κ1) is 29.3. The third kappa shape index (κ3) is 4.71. The van der Waals surface area contributed by atoms with Crippen LogP contribution < -0.4 is 15.5 Å². The maximum Gasteiger partial charge on any atom is 0.107 e. The lowest BCUT2D eigenvalue weighted by molar-refractivity contribution is 0.424. The zero-order chi connectivity index (χ0) is 32.9. The highest BCUT2D eigenvalue weighted by atomic mass is 15.3. The number of fused-ring (bicyclic) bond motifs is 9. The van der Waals surface area contributed by atoms with Gasteiger partial charge in [-0.25, -0.2) is 0 Å². The molecule has 1 aliphatic carbocycles. The van der Waals surface area contributed by atoms with Crippen molar-refractivity contribution >= 4 is 49.5 Å². The number of para-hydroxylation sites is 1. The normalized spacial score (nSPS) is 18.9. The summed E-state index contributed by atoms with van der Waals surface area (Å²) in [5.74, 6) is 0. The van der Waals surface area contributed by atoms with E-state index < -0.39 is 0 Å². The lowest BCUT2D eigenvalue weighted by atomic mass is 9.90. The van der Waals surface area contributed by atoms with Crippen molar-refractivity contribution < 1.29 is 0 Å². The van der Waals surface area contributed by atoms with Crippen molar-refractivity contribution in [2.75, 3.05) is 4.90 Å². The van der Waals surface area contributed by atoms with Crippen molar-refractivity contribution in [2.24, 2.45) is 0 Å². The van der Waals surface area contributed by atoms with Crippen LogP contribution in [0.4, 0.5) is 5.69 Å². The number of rotatable bonds is 5. The highest BCUT2D eigenvalue weighted by Crippen LogP contribution is 2.46. The number of benzene rings is 5. The molecule has 2 N–H and O–H groups in total. The van der Waals surface area contributed by atoms with Crippen molar-refractivity contribution in [3.63, 3.8) is 0 Å². The Morgan fingerprint density at radius 3 is 2.51 bits per heavy atom. The molecule has 49 heavy (non-hydrogen) atoms. The van der Waals surface area contributed by atoms with Crippen molar-refractivity contribution in [1.82, 2.24) is 15.2 Å². The van der Waals surface area contributed by atoms with Gasteiger partial charge in [0.15, 0.2) is 0 Å². The fourth-order valence-corrected chi connectivity index (χ4v) is 8.10. The van der Waals surface area contributed by atoms with Crippen LogP contribution in [0.1, 0.15) is 37.1 Å². The topological polar surface area (TPSA) is 32.2 Å². The van der Waals surface area contributed by atoms with Gasteiger partial charge in [0.2, 0.25) is 0 Å². The molecule has 0 amide bonds. The third-order valence-corrected chi connectivity index (χ3v) is 10.2. The van der Waals surface area contributed by atoms with Gasteiger partial charge in [-0.15, -0.1) is 0 Å². The average molecular weight is 635 g/mol. The van der Waals surface area contributed by atoms with Gasteiger partial charge >= 0.3 is 0 Å². The first-order valence-corrected chi connectivity index (χ1v) is 17.2. The van der Waals surface area contributed by atoms with Gasteiger partial charge in [-0.1, -0.05) is 104 Å². The minimum atomic E-state index is -0.0964. The minimum Gasteiger partial charge on any atom is -0.372 e. The highest BCUT2D eigenvalue weighted by Gasteiger charge is 2.32. The van der Waals surface area contributed by atoms with E-state index in [1.807, 2.05) is 6.08 Å². The smallest absolute Gasteiger partial charge is 0.107 e. The maximum absolute atomic E-state index is 4.02. The molecule has 9 rings (SSSR count). The summed E-state index contributed by atoms with van der Waals surface area (Å²) in [7, 11) is 0. The zero-order valence-corrected chi connectivity index (χ0v) is 27.6. The predicted molar refractivity (Wildman–Crippen MR) is 208 cm³/mol. The van der Waals surface area contributed by atoms with Crippen LogP contribution in [0.5, 0.6) is 0 Å². The Kier molecular flexibility index (Phi) is 7.18.